The summed E-state index contributed by atoms with van der Waals surface area (Å²) in [6, 6.07) is 13.4. The number of carbonyl (C=O) groups is 1. The summed E-state index contributed by atoms with van der Waals surface area (Å²) in [5.41, 5.74) is 5.18. The van der Waals surface area contributed by atoms with Crippen molar-refractivity contribution in [3.8, 4) is 0 Å². The van der Waals surface area contributed by atoms with Crippen molar-refractivity contribution in [1.29, 1.82) is 0 Å². The Morgan fingerprint density at radius 2 is 1.68 bits per heavy atom. The summed E-state index contributed by atoms with van der Waals surface area (Å²) < 4.78 is 0. The maximum Gasteiger partial charge on any atom is 0.319 e. The highest BCUT2D eigenvalue weighted by Crippen LogP contribution is 2.13. The second kappa shape index (κ2) is 7.61. The van der Waals surface area contributed by atoms with E-state index in [0.29, 0.717) is 6.54 Å². The Morgan fingerprint density at radius 1 is 1.00 bits per heavy atom. The molecular weight excluding hydrogens is 276 g/mol. The number of amides is 2. The van der Waals surface area contributed by atoms with Gasteiger partial charge in [-0.1, -0.05) is 30.3 Å². The summed E-state index contributed by atoms with van der Waals surface area (Å²) in [4.78, 5) is 11.8. The highest BCUT2D eigenvalue weighted by Gasteiger charge is 2.02. The lowest BCUT2D eigenvalue weighted by molar-refractivity contribution is 0.252. The van der Waals surface area contributed by atoms with E-state index in [0.717, 1.165) is 28.8 Å². The smallest absolute Gasteiger partial charge is 0.319 e. The quantitative estimate of drug-likeness (QED) is 0.794. The van der Waals surface area contributed by atoms with Crippen molar-refractivity contribution in [2.45, 2.75) is 26.9 Å². The monoisotopic (exact) mass is 298 g/mol. The van der Waals surface area contributed by atoms with E-state index < -0.39 is 0 Å². The van der Waals surface area contributed by atoms with Gasteiger partial charge in [0.05, 0.1) is 6.61 Å². The zero-order valence-corrected chi connectivity index (χ0v) is 13.0. The molecule has 0 aliphatic heterocycles. The van der Waals surface area contributed by atoms with Gasteiger partial charge in [-0.05, 0) is 54.7 Å². The first-order valence-corrected chi connectivity index (χ1v) is 7.39. The number of rotatable bonds is 5. The average molecular weight is 298 g/mol. The molecule has 3 N–H and O–H groups in total. The number of carbonyl (C=O) groups excluding carboxylic acids is 1. The van der Waals surface area contributed by atoms with Crippen molar-refractivity contribution in [3.63, 3.8) is 0 Å². The first kappa shape index (κ1) is 16.0. The molecule has 0 atom stereocenters. The van der Waals surface area contributed by atoms with Crippen LogP contribution in [0, 0.1) is 13.8 Å². The molecule has 0 fully saturated rings. The number of anilines is 1. The summed E-state index contributed by atoms with van der Waals surface area (Å²) >= 11 is 0. The minimum Gasteiger partial charge on any atom is -0.392 e. The average Bonchev–Trinajstić information content (AvgIpc) is 2.51. The highest BCUT2D eigenvalue weighted by molar-refractivity contribution is 5.89. The Kier molecular flexibility index (Phi) is 5.55. The molecule has 4 nitrogen and oxygen atoms in total. The molecule has 116 valence electrons. The van der Waals surface area contributed by atoms with Crippen LogP contribution in [0.1, 0.15) is 22.3 Å². The van der Waals surface area contributed by atoms with Gasteiger partial charge in [-0.3, -0.25) is 0 Å². The second-order valence-corrected chi connectivity index (χ2v) is 5.40. The molecule has 0 aliphatic carbocycles. The highest BCUT2D eigenvalue weighted by atomic mass is 16.3. The van der Waals surface area contributed by atoms with Gasteiger partial charge in [0.2, 0.25) is 0 Å². The topological polar surface area (TPSA) is 61.4 Å². The number of urea groups is 1. The van der Waals surface area contributed by atoms with E-state index in [1.165, 1.54) is 5.56 Å². The maximum atomic E-state index is 11.8. The lowest BCUT2D eigenvalue weighted by Crippen LogP contribution is -2.30. The fraction of sp³-hybridized carbons (Fsp3) is 0.278. The molecule has 4 heteroatoms. The second-order valence-electron chi connectivity index (χ2n) is 5.40. The number of hydrogen-bond donors (Lipinski definition) is 3. The standard InChI is InChI=1S/C18H22N2O2/c1-13-3-8-17(11-14(13)2)20-18(22)19-10-9-15-4-6-16(12-21)7-5-15/h3-8,11,21H,9-10,12H2,1-2H3,(H2,19,20,22). The van der Waals surface area contributed by atoms with Crippen molar-refractivity contribution < 1.29 is 9.90 Å². The van der Waals surface area contributed by atoms with Gasteiger partial charge in [-0.2, -0.15) is 0 Å². The summed E-state index contributed by atoms with van der Waals surface area (Å²) in [5.74, 6) is 0. The van der Waals surface area contributed by atoms with Crippen LogP contribution in [-0.2, 0) is 13.0 Å². The van der Waals surface area contributed by atoms with E-state index in [9.17, 15) is 4.79 Å². The molecule has 2 aromatic rings. The summed E-state index contributed by atoms with van der Waals surface area (Å²) in [6.45, 7) is 4.68. The van der Waals surface area contributed by atoms with Crippen molar-refractivity contribution in [2.24, 2.45) is 0 Å². The predicted molar refractivity (Wildman–Crippen MR) is 89.0 cm³/mol. The maximum absolute atomic E-state index is 11.8. The van der Waals surface area contributed by atoms with Gasteiger partial charge in [0, 0.05) is 12.2 Å². The lowest BCUT2D eigenvalue weighted by Gasteiger charge is -2.09. The van der Waals surface area contributed by atoms with E-state index in [4.69, 9.17) is 5.11 Å². The minimum absolute atomic E-state index is 0.0525. The Balaban J connectivity index is 1.78. The van der Waals surface area contributed by atoms with E-state index in [1.807, 2.05) is 56.3 Å². The van der Waals surface area contributed by atoms with Gasteiger partial charge in [0.1, 0.15) is 0 Å². The molecule has 0 aliphatic rings. The third kappa shape index (κ3) is 4.60. The molecule has 2 rings (SSSR count). The van der Waals surface area contributed by atoms with E-state index in [1.54, 1.807) is 0 Å². The van der Waals surface area contributed by atoms with Crippen LogP contribution in [0.4, 0.5) is 10.5 Å². The molecule has 0 aromatic heterocycles. The molecule has 2 amide bonds. The van der Waals surface area contributed by atoms with Gasteiger partial charge in [-0.15, -0.1) is 0 Å². The van der Waals surface area contributed by atoms with Crippen molar-refractivity contribution >= 4 is 11.7 Å². The van der Waals surface area contributed by atoms with E-state index in [-0.39, 0.29) is 12.6 Å². The fourth-order valence-corrected chi connectivity index (χ4v) is 2.13. The van der Waals surface area contributed by atoms with E-state index in [2.05, 4.69) is 10.6 Å². The van der Waals surface area contributed by atoms with Crippen LogP contribution in [0.5, 0.6) is 0 Å². The number of aliphatic hydroxyl groups is 1. The fourth-order valence-electron chi connectivity index (χ4n) is 2.13. The van der Waals surface area contributed by atoms with Gasteiger partial charge in [0.15, 0.2) is 0 Å². The zero-order chi connectivity index (χ0) is 15.9. The zero-order valence-electron chi connectivity index (χ0n) is 13.0. The van der Waals surface area contributed by atoms with Crippen LogP contribution in [0.25, 0.3) is 0 Å². The number of nitrogens with one attached hydrogen (secondary N) is 2. The van der Waals surface area contributed by atoms with Crippen molar-refractivity contribution in [2.75, 3.05) is 11.9 Å². The van der Waals surface area contributed by atoms with Gasteiger partial charge in [0.25, 0.3) is 0 Å². The minimum atomic E-state index is -0.199. The van der Waals surface area contributed by atoms with Crippen molar-refractivity contribution in [1.82, 2.24) is 5.32 Å². The molecule has 0 bridgehead atoms. The molecule has 0 unspecified atom stereocenters. The Labute approximate surface area is 131 Å². The third-order valence-corrected chi connectivity index (χ3v) is 3.67. The van der Waals surface area contributed by atoms with Gasteiger partial charge >= 0.3 is 6.03 Å². The van der Waals surface area contributed by atoms with Crippen LogP contribution in [-0.4, -0.2) is 17.7 Å². The summed E-state index contributed by atoms with van der Waals surface area (Å²) in [6.07, 6.45) is 0.756. The number of aryl methyl sites for hydroxylation is 2. The van der Waals surface area contributed by atoms with Crippen LogP contribution >= 0.6 is 0 Å². The Morgan fingerprint density at radius 3 is 2.32 bits per heavy atom. The predicted octanol–water partition coefficient (Wildman–Crippen LogP) is 3.16. The molecule has 0 saturated heterocycles. The van der Waals surface area contributed by atoms with Gasteiger partial charge in [-0.25, -0.2) is 4.79 Å². The van der Waals surface area contributed by atoms with Crippen LogP contribution in [0.2, 0.25) is 0 Å². The molecular formula is C18H22N2O2. The lowest BCUT2D eigenvalue weighted by atomic mass is 10.1. The SMILES string of the molecule is Cc1ccc(NC(=O)NCCc2ccc(CO)cc2)cc1C. The number of aliphatic hydroxyl groups excluding tert-OH is 1. The summed E-state index contributed by atoms with van der Waals surface area (Å²) in [5, 5.41) is 14.7. The van der Waals surface area contributed by atoms with Gasteiger partial charge < -0.3 is 15.7 Å². The third-order valence-electron chi connectivity index (χ3n) is 3.67. The number of benzene rings is 2. The van der Waals surface area contributed by atoms with E-state index >= 15 is 0 Å². The summed E-state index contributed by atoms with van der Waals surface area (Å²) in [7, 11) is 0. The first-order valence-electron chi connectivity index (χ1n) is 7.39. The Bertz CT molecular complexity index is 636. The van der Waals surface area contributed by atoms with Crippen LogP contribution in [0.3, 0.4) is 0 Å². The van der Waals surface area contributed by atoms with Crippen LogP contribution < -0.4 is 10.6 Å². The first-order chi connectivity index (χ1) is 10.6. The molecule has 2 aromatic carbocycles. The van der Waals surface area contributed by atoms with Crippen LogP contribution in [0.15, 0.2) is 42.5 Å². The molecule has 0 radical (unpaired) electrons. The number of hydrogen-bond acceptors (Lipinski definition) is 2. The van der Waals surface area contributed by atoms with Crippen molar-refractivity contribution in [3.05, 3.63) is 64.7 Å². The largest absolute Gasteiger partial charge is 0.392 e. The Hall–Kier alpha value is -2.33. The molecule has 22 heavy (non-hydrogen) atoms. The molecule has 0 spiro atoms. The molecule has 0 saturated carbocycles. The normalized spacial score (nSPS) is 10.3. The molecule has 0 heterocycles.